The first-order chi connectivity index (χ1) is 15.4. The maximum absolute atomic E-state index is 12.7. The largest absolute Gasteiger partial charge is 0.342 e. The smallest absolute Gasteiger partial charge is 0.251 e. The zero-order valence-electron chi connectivity index (χ0n) is 18.7. The molecule has 0 aliphatic rings. The van der Waals surface area contributed by atoms with E-state index in [1.807, 2.05) is 62.6 Å². The van der Waals surface area contributed by atoms with Gasteiger partial charge in [-0.05, 0) is 43.5 Å². The molecule has 0 aliphatic heterocycles. The van der Waals surface area contributed by atoms with Crippen molar-refractivity contribution in [3.05, 3.63) is 65.6 Å². The number of hydrogen-bond donors (Lipinski definition) is 2. The fourth-order valence-electron chi connectivity index (χ4n) is 3.19. The van der Waals surface area contributed by atoms with Gasteiger partial charge in [0.25, 0.3) is 5.91 Å². The summed E-state index contributed by atoms with van der Waals surface area (Å²) in [6.45, 7) is 8.56. The topological polar surface area (TPSA) is 102 Å². The Balaban J connectivity index is 1.71. The van der Waals surface area contributed by atoms with Crippen LogP contribution in [0.5, 0.6) is 0 Å². The lowest BCUT2D eigenvalue weighted by Crippen LogP contribution is -2.33. The van der Waals surface area contributed by atoms with Gasteiger partial charge in [-0.3, -0.25) is 9.59 Å². The van der Waals surface area contributed by atoms with Crippen molar-refractivity contribution in [1.29, 1.82) is 0 Å². The second kappa shape index (κ2) is 10.9. The zero-order valence-corrected chi connectivity index (χ0v) is 19.5. The highest BCUT2D eigenvalue weighted by Gasteiger charge is 2.26. The summed E-state index contributed by atoms with van der Waals surface area (Å²) >= 11 is 1.31. The van der Waals surface area contributed by atoms with E-state index in [1.54, 1.807) is 18.3 Å². The van der Waals surface area contributed by atoms with Crippen LogP contribution in [0.25, 0.3) is 0 Å². The van der Waals surface area contributed by atoms with Gasteiger partial charge in [-0.25, -0.2) is 4.98 Å². The van der Waals surface area contributed by atoms with Crippen molar-refractivity contribution < 1.29 is 9.59 Å². The molecule has 2 heterocycles. The van der Waals surface area contributed by atoms with Crippen LogP contribution in [0.2, 0.25) is 0 Å². The number of hydrogen-bond acceptors (Lipinski definition) is 6. The van der Waals surface area contributed by atoms with E-state index in [-0.39, 0.29) is 29.5 Å². The molecule has 168 valence electrons. The maximum Gasteiger partial charge on any atom is 0.251 e. The second-order valence-electron chi connectivity index (χ2n) is 7.65. The van der Waals surface area contributed by atoms with E-state index in [2.05, 4.69) is 25.8 Å². The van der Waals surface area contributed by atoms with Gasteiger partial charge in [0, 0.05) is 18.3 Å². The molecule has 0 aliphatic carbocycles. The fourth-order valence-corrected chi connectivity index (χ4v) is 4.00. The lowest BCUT2D eigenvalue weighted by Gasteiger charge is -2.22. The van der Waals surface area contributed by atoms with E-state index in [0.717, 1.165) is 5.56 Å². The Labute approximate surface area is 192 Å². The molecule has 0 fully saturated rings. The van der Waals surface area contributed by atoms with Crippen LogP contribution in [0.4, 0.5) is 5.82 Å². The van der Waals surface area contributed by atoms with Crippen LogP contribution < -0.4 is 10.6 Å². The summed E-state index contributed by atoms with van der Waals surface area (Å²) in [6, 6.07) is 12.5. The normalized spacial score (nSPS) is 11.9. The van der Waals surface area contributed by atoms with Gasteiger partial charge in [-0.1, -0.05) is 49.9 Å². The van der Waals surface area contributed by atoms with Gasteiger partial charge in [-0.15, -0.1) is 10.2 Å². The number of nitrogens with one attached hydrogen (secondary N) is 2. The predicted octanol–water partition coefficient (Wildman–Crippen LogP) is 3.86. The lowest BCUT2D eigenvalue weighted by molar-refractivity contribution is -0.113. The van der Waals surface area contributed by atoms with E-state index in [0.29, 0.717) is 28.9 Å². The van der Waals surface area contributed by atoms with Crippen molar-refractivity contribution in [2.45, 2.75) is 45.4 Å². The molecule has 3 rings (SSSR count). The standard InChI is InChI=1S/C23H28N6O2S/c1-5-29-21(19(15(2)3)26-22(31)17-11-7-6-8-12-17)27-28-23(29)32-14-18(30)25-20-16(4)10-9-13-24-20/h6-13,15,19H,5,14H2,1-4H3,(H,26,31)(H,24,25,30)/t19-/m1/s1. The number of amides is 2. The molecule has 0 bridgehead atoms. The van der Waals surface area contributed by atoms with E-state index in [9.17, 15) is 9.59 Å². The minimum atomic E-state index is -0.311. The predicted molar refractivity (Wildman–Crippen MR) is 126 cm³/mol. The number of carbonyl (C=O) groups is 2. The Bertz CT molecular complexity index is 1070. The van der Waals surface area contributed by atoms with Crippen LogP contribution in [0.3, 0.4) is 0 Å². The molecule has 1 atom stereocenters. The molecule has 2 N–H and O–H groups in total. The number of pyridine rings is 1. The first kappa shape index (κ1) is 23.5. The van der Waals surface area contributed by atoms with Crippen molar-refractivity contribution in [2.24, 2.45) is 5.92 Å². The van der Waals surface area contributed by atoms with Crippen LogP contribution >= 0.6 is 11.8 Å². The number of rotatable bonds is 9. The van der Waals surface area contributed by atoms with Crippen LogP contribution in [0, 0.1) is 12.8 Å². The summed E-state index contributed by atoms with van der Waals surface area (Å²) in [4.78, 5) is 29.3. The average Bonchev–Trinajstić information content (AvgIpc) is 3.20. The number of nitrogens with zero attached hydrogens (tertiary/aromatic N) is 4. The van der Waals surface area contributed by atoms with Crippen molar-refractivity contribution in [3.8, 4) is 0 Å². The molecule has 0 radical (unpaired) electrons. The highest BCUT2D eigenvalue weighted by atomic mass is 32.2. The van der Waals surface area contributed by atoms with Gasteiger partial charge in [0.1, 0.15) is 5.82 Å². The van der Waals surface area contributed by atoms with Gasteiger partial charge in [0.05, 0.1) is 11.8 Å². The Kier molecular flexibility index (Phi) is 7.99. The molecule has 2 aromatic heterocycles. The van der Waals surface area contributed by atoms with Crippen LogP contribution in [0.15, 0.2) is 53.8 Å². The summed E-state index contributed by atoms with van der Waals surface area (Å²) in [7, 11) is 0. The summed E-state index contributed by atoms with van der Waals surface area (Å²) in [5.41, 5.74) is 1.50. The molecule has 32 heavy (non-hydrogen) atoms. The fraction of sp³-hybridized carbons (Fsp3) is 0.348. The van der Waals surface area contributed by atoms with Crippen LogP contribution in [-0.4, -0.2) is 37.3 Å². The number of aryl methyl sites for hydroxylation is 1. The molecule has 0 saturated carbocycles. The second-order valence-corrected chi connectivity index (χ2v) is 8.59. The summed E-state index contributed by atoms with van der Waals surface area (Å²) in [5, 5.41) is 15.2. The third-order valence-electron chi connectivity index (χ3n) is 4.93. The van der Waals surface area contributed by atoms with Crippen molar-refractivity contribution >= 4 is 29.4 Å². The summed E-state index contributed by atoms with van der Waals surface area (Å²) in [6.07, 6.45) is 1.64. The van der Waals surface area contributed by atoms with Crippen molar-refractivity contribution in [1.82, 2.24) is 25.1 Å². The first-order valence-electron chi connectivity index (χ1n) is 10.5. The highest BCUT2D eigenvalue weighted by molar-refractivity contribution is 7.99. The molecule has 0 unspecified atom stereocenters. The van der Waals surface area contributed by atoms with E-state index < -0.39 is 0 Å². The third kappa shape index (κ3) is 5.73. The van der Waals surface area contributed by atoms with Gasteiger partial charge >= 0.3 is 0 Å². The third-order valence-corrected chi connectivity index (χ3v) is 5.90. The molecule has 0 spiro atoms. The monoisotopic (exact) mass is 452 g/mol. The van der Waals surface area contributed by atoms with Crippen LogP contribution in [-0.2, 0) is 11.3 Å². The number of aromatic nitrogens is 4. The summed E-state index contributed by atoms with van der Waals surface area (Å²) in [5.74, 6) is 1.19. The SMILES string of the molecule is CCn1c(SCC(=O)Nc2ncccc2C)nnc1[C@H](NC(=O)c1ccccc1)C(C)C. The van der Waals surface area contributed by atoms with E-state index in [1.165, 1.54) is 11.8 Å². The maximum atomic E-state index is 12.7. The number of anilines is 1. The zero-order chi connectivity index (χ0) is 23.1. The van der Waals surface area contributed by atoms with Gasteiger partial charge in [0.15, 0.2) is 11.0 Å². The Morgan fingerprint density at radius 3 is 2.50 bits per heavy atom. The minimum Gasteiger partial charge on any atom is -0.342 e. The molecule has 1 aromatic carbocycles. The van der Waals surface area contributed by atoms with Crippen molar-refractivity contribution in [3.63, 3.8) is 0 Å². The first-order valence-corrected chi connectivity index (χ1v) is 11.5. The van der Waals surface area contributed by atoms with E-state index in [4.69, 9.17) is 0 Å². The lowest BCUT2D eigenvalue weighted by atomic mass is 10.0. The molecule has 3 aromatic rings. The Morgan fingerprint density at radius 1 is 1.09 bits per heavy atom. The Morgan fingerprint density at radius 2 is 1.84 bits per heavy atom. The minimum absolute atomic E-state index is 0.102. The molecule has 2 amide bonds. The van der Waals surface area contributed by atoms with E-state index >= 15 is 0 Å². The van der Waals surface area contributed by atoms with Crippen LogP contribution in [0.1, 0.15) is 48.6 Å². The highest BCUT2D eigenvalue weighted by Crippen LogP contribution is 2.25. The quantitative estimate of drug-likeness (QED) is 0.478. The van der Waals surface area contributed by atoms with Crippen molar-refractivity contribution in [2.75, 3.05) is 11.1 Å². The number of benzene rings is 1. The molecule has 9 heteroatoms. The van der Waals surface area contributed by atoms with Gasteiger partial charge < -0.3 is 15.2 Å². The van der Waals surface area contributed by atoms with Gasteiger partial charge in [0.2, 0.25) is 5.91 Å². The molecular formula is C23H28N6O2S. The molecular weight excluding hydrogens is 424 g/mol. The molecule has 0 saturated heterocycles. The number of carbonyl (C=O) groups excluding carboxylic acids is 2. The number of thioether (sulfide) groups is 1. The molecule has 8 nitrogen and oxygen atoms in total. The summed E-state index contributed by atoms with van der Waals surface area (Å²) < 4.78 is 1.94. The average molecular weight is 453 g/mol. The van der Waals surface area contributed by atoms with Gasteiger partial charge in [-0.2, -0.15) is 0 Å². The Hall–Kier alpha value is -3.20.